The van der Waals surface area contributed by atoms with Crippen LogP contribution in [0.1, 0.15) is 54.6 Å². The third-order valence-corrected chi connectivity index (χ3v) is 10.1. The lowest BCUT2D eigenvalue weighted by atomic mass is 9.91. The number of ether oxygens (including phenoxy) is 2. The van der Waals surface area contributed by atoms with Crippen LogP contribution >= 0.6 is 0 Å². The van der Waals surface area contributed by atoms with Gasteiger partial charge in [0.25, 0.3) is 5.91 Å². The molecule has 5 rings (SSSR count). The minimum absolute atomic E-state index is 0.0704. The molecule has 0 aliphatic heterocycles. The maximum absolute atomic E-state index is 14.7. The third-order valence-electron chi connectivity index (χ3n) is 8.43. The lowest BCUT2D eigenvalue weighted by Gasteiger charge is -2.28. The molecule has 2 amide bonds. The number of nitrogens with zero attached hydrogens (tertiary/aromatic N) is 2. The Kier molecular flexibility index (Phi) is 9.41. The summed E-state index contributed by atoms with van der Waals surface area (Å²) in [7, 11) is -1.31. The lowest BCUT2D eigenvalue weighted by Crippen LogP contribution is -2.43. The summed E-state index contributed by atoms with van der Waals surface area (Å²) in [5.74, 6) is 0.535. The topological polar surface area (TPSA) is 115 Å². The van der Waals surface area contributed by atoms with Crippen LogP contribution in [0.25, 0.3) is 22.2 Å². The molecule has 232 valence electrons. The molecule has 0 atom stereocenters. The average Bonchev–Trinajstić information content (AvgIpc) is 3.73. The number of nitrogens with one attached hydrogen (secondary N) is 2. The summed E-state index contributed by atoms with van der Waals surface area (Å²) >= 11 is 0. The predicted molar refractivity (Wildman–Crippen MR) is 167 cm³/mol. The van der Waals surface area contributed by atoms with E-state index < -0.39 is 14.2 Å². The van der Waals surface area contributed by atoms with Crippen LogP contribution in [-0.4, -0.2) is 60.0 Å². The van der Waals surface area contributed by atoms with Crippen LogP contribution in [0, 0.1) is 18.7 Å². The standard InChI is InChI=1S/C32H43FN4O5Si/c1-20-28(31(38)35-23-8-10-24(11-9-23)36-32(39)40)29-30(37(20)19-41-15-16-43(2,3)4)25(13-14-34-29)26-17-22(33)7-12-27(26)42-18-21-5-6-21/h7,12-14,17,21,23-24,36H,5-6,8-11,15-16,18-19H2,1-4H3,(H,35,38)(H,39,40)/t23-,24-. The van der Waals surface area contributed by atoms with Crippen molar-refractivity contribution in [2.75, 3.05) is 13.2 Å². The highest BCUT2D eigenvalue weighted by atomic mass is 28.3. The van der Waals surface area contributed by atoms with Crippen LogP contribution < -0.4 is 15.4 Å². The van der Waals surface area contributed by atoms with Crippen molar-refractivity contribution in [2.24, 2.45) is 5.92 Å². The van der Waals surface area contributed by atoms with Crippen molar-refractivity contribution in [3.63, 3.8) is 0 Å². The Labute approximate surface area is 253 Å². The third kappa shape index (κ3) is 7.75. The molecule has 2 aliphatic rings. The van der Waals surface area contributed by atoms with E-state index in [0.29, 0.717) is 72.7 Å². The minimum Gasteiger partial charge on any atom is -0.493 e. The number of benzene rings is 1. The van der Waals surface area contributed by atoms with Crippen LogP contribution in [0.5, 0.6) is 5.75 Å². The highest BCUT2D eigenvalue weighted by Crippen LogP contribution is 2.39. The molecule has 2 heterocycles. The Morgan fingerprint density at radius 1 is 1.05 bits per heavy atom. The number of hydrogen-bond acceptors (Lipinski definition) is 5. The summed E-state index contributed by atoms with van der Waals surface area (Å²) in [4.78, 5) is 29.5. The van der Waals surface area contributed by atoms with Gasteiger partial charge < -0.3 is 29.8 Å². The maximum atomic E-state index is 14.7. The van der Waals surface area contributed by atoms with E-state index in [2.05, 4.69) is 35.3 Å². The van der Waals surface area contributed by atoms with Crippen molar-refractivity contribution in [1.82, 2.24) is 20.2 Å². The molecule has 1 aromatic carbocycles. The number of fused-ring (bicyclic) bond motifs is 1. The smallest absolute Gasteiger partial charge is 0.404 e. The van der Waals surface area contributed by atoms with E-state index in [4.69, 9.17) is 14.6 Å². The van der Waals surface area contributed by atoms with Crippen molar-refractivity contribution in [3.05, 3.63) is 47.5 Å². The molecule has 43 heavy (non-hydrogen) atoms. The molecular formula is C32H43FN4O5Si. The van der Waals surface area contributed by atoms with E-state index in [1.54, 1.807) is 12.3 Å². The summed E-state index contributed by atoms with van der Waals surface area (Å²) in [5, 5.41) is 14.8. The van der Waals surface area contributed by atoms with Crippen molar-refractivity contribution in [2.45, 2.75) is 89.9 Å². The van der Waals surface area contributed by atoms with E-state index in [-0.39, 0.29) is 30.5 Å². The summed E-state index contributed by atoms with van der Waals surface area (Å²) in [5.41, 5.74) is 3.76. The number of carbonyl (C=O) groups excluding carboxylic acids is 1. The predicted octanol–water partition coefficient (Wildman–Crippen LogP) is 6.56. The van der Waals surface area contributed by atoms with Crippen LogP contribution in [0.2, 0.25) is 25.7 Å². The van der Waals surface area contributed by atoms with Gasteiger partial charge in [0.1, 0.15) is 23.8 Å². The second kappa shape index (κ2) is 13.0. The monoisotopic (exact) mass is 610 g/mol. The van der Waals surface area contributed by atoms with Gasteiger partial charge in [-0.15, -0.1) is 0 Å². The summed E-state index contributed by atoms with van der Waals surface area (Å²) in [6.07, 6.45) is 5.59. The van der Waals surface area contributed by atoms with Gasteiger partial charge in [0, 0.05) is 49.8 Å². The second-order valence-electron chi connectivity index (χ2n) is 13.2. The van der Waals surface area contributed by atoms with Gasteiger partial charge in [-0.25, -0.2) is 9.18 Å². The van der Waals surface area contributed by atoms with Gasteiger partial charge in [0.05, 0.1) is 17.7 Å². The molecule has 0 unspecified atom stereocenters. The largest absolute Gasteiger partial charge is 0.493 e. The Hall–Kier alpha value is -3.44. The van der Waals surface area contributed by atoms with E-state index in [1.807, 2.05) is 17.6 Å². The molecule has 11 heteroatoms. The molecular weight excluding hydrogens is 567 g/mol. The van der Waals surface area contributed by atoms with Gasteiger partial charge in [-0.3, -0.25) is 9.78 Å². The summed E-state index contributed by atoms with van der Waals surface area (Å²) < 4.78 is 29.0. The molecule has 9 nitrogen and oxygen atoms in total. The maximum Gasteiger partial charge on any atom is 0.404 e. The van der Waals surface area contributed by atoms with Crippen molar-refractivity contribution < 1.29 is 28.6 Å². The first kappa shape index (κ1) is 31.0. The number of aromatic nitrogens is 2. The minimum atomic E-state index is -1.31. The second-order valence-corrected chi connectivity index (χ2v) is 18.8. The van der Waals surface area contributed by atoms with Crippen molar-refractivity contribution >= 4 is 31.1 Å². The van der Waals surface area contributed by atoms with Gasteiger partial charge in [-0.05, 0) is 81.7 Å². The zero-order chi connectivity index (χ0) is 30.7. The van der Waals surface area contributed by atoms with E-state index in [1.165, 1.54) is 12.1 Å². The number of hydrogen-bond donors (Lipinski definition) is 3. The Balaban J connectivity index is 1.49. The highest BCUT2D eigenvalue weighted by Gasteiger charge is 2.29. The zero-order valence-corrected chi connectivity index (χ0v) is 26.5. The van der Waals surface area contributed by atoms with Crippen LogP contribution in [0.15, 0.2) is 30.5 Å². The number of amides is 2. The Morgan fingerprint density at radius 2 is 1.74 bits per heavy atom. The first-order valence-electron chi connectivity index (χ1n) is 15.3. The molecule has 3 N–H and O–H groups in total. The molecule has 2 aromatic heterocycles. The zero-order valence-electron chi connectivity index (χ0n) is 25.5. The average molecular weight is 611 g/mol. The van der Waals surface area contributed by atoms with Crippen LogP contribution in [-0.2, 0) is 11.5 Å². The number of pyridine rings is 1. The number of carboxylic acid groups (broad SMARTS) is 1. The molecule has 0 saturated heterocycles. The van der Waals surface area contributed by atoms with Gasteiger partial charge in [-0.2, -0.15) is 0 Å². The van der Waals surface area contributed by atoms with E-state index in [9.17, 15) is 14.0 Å². The Morgan fingerprint density at radius 3 is 2.40 bits per heavy atom. The normalized spacial score (nSPS) is 18.9. The van der Waals surface area contributed by atoms with Crippen molar-refractivity contribution in [3.8, 4) is 16.9 Å². The highest BCUT2D eigenvalue weighted by molar-refractivity contribution is 6.76. The number of carbonyl (C=O) groups is 2. The molecule has 0 spiro atoms. The van der Waals surface area contributed by atoms with E-state index >= 15 is 0 Å². The lowest BCUT2D eigenvalue weighted by molar-refractivity contribution is 0.0878. The molecule has 2 aliphatic carbocycles. The van der Waals surface area contributed by atoms with Gasteiger partial charge in [-0.1, -0.05) is 19.6 Å². The molecule has 0 bridgehead atoms. The number of halogens is 1. The van der Waals surface area contributed by atoms with Gasteiger partial charge >= 0.3 is 6.09 Å². The fourth-order valence-electron chi connectivity index (χ4n) is 5.71. The summed E-state index contributed by atoms with van der Waals surface area (Å²) in [6.45, 7) is 10.2. The summed E-state index contributed by atoms with van der Waals surface area (Å²) in [6, 6.07) is 7.25. The SMILES string of the molecule is Cc1c(C(=O)N[C@H]2CC[C@H](NC(=O)O)CC2)c2nccc(-c3cc(F)ccc3OCC3CC3)c2n1COCC[Si](C)(C)C. The first-order valence-corrected chi connectivity index (χ1v) is 19.0. The fourth-order valence-corrected chi connectivity index (χ4v) is 6.47. The van der Waals surface area contributed by atoms with E-state index in [0.717, 1.165) is 30.1 Å². The fraction of sp³-hybridized carbons (Fsp3) is 0.531. The Bertz CT molecular complexity index is 1470. The van der Waals surface area contributed by atoms with Crippen LogP contribution in [0.4, 0.5) is 9.18 Å². The van der Waals surface area contributed by atoms with Gasteiger partial charge in [0.2, 0.25) is 0 Å². The van der Waals surface area contributed by atoms with Crippen molar-refractivity contribution in [1.29, 1.82) is 0 Å². The number of rotatable bonds is 12. The molecule has 0 radical (unpaired) electrons. The first-order chi connectivity index (χ1) is 20.5. The quantitative estimate of drug-likeness (QED) is 0.158. The molecule has 3 aromatic rings. The molecule has 2 fully saturated rings. The van der Waals surface area contributed by atoms with Crippen LogP contribution in [0.3, 0.4) is 0 Å². The molecule has 2 saturated carbocycles. The van der Waals surface area contributed by atoms with Gasteiger partial charge in [0.15, 0.2) is 0 Å².